The maximum atomic E-state index is 12.1. The molecule has 1 aromatic carbocycles. The molecular weight excluding hydrogens is 270 g/mol. The number of sulfonamides is 1. The molecular formula is C16H27NO2S. The number of hydrogen-bond donors (Lipinski definition) is 1. The van der Waals surface area contributed by atoms with Crippen LogP contribution >= 0.6 is 0 Å². The van der Waals surface area contributed by atoms with Gasteiger partial charge in [-0.25, -0.2) is 13.1 Å². The van der Waals surface area contributed by atoms with Crippen LogP contribution in [0.4, 0.5) is 0 Å². The molecule has 0 aliphatic rings. The lowest BCUT2D eigenvalue weighted by atomic mass is 10.00. The molecule has 3 nitrogen and oxygen atoms in total. The Morgan fingerprint density at radius 2 is 2.00 bits per heavy atom. The zero-order valence-electron chi connectivity index (χ0n) is 12.9. The molecule has 4 heteroatoms. The molecule has 1 aromatic rings. The Kier molecular flexibility index (Phi) is 7.24. The van der Waals surface area contributed by atoms with E-state index in [1.165, 1.54) is 0 Å². The van der Waals surface area contributed by atoms with Gasteiger partial charge in [-0.2, -0.15) is 0 Å². The molecule has 0 radical (unpaired) electrons. The van der Waals surface area contributed by atoms with Crippen molar-refractivity contribution in [3.8, 4) is 0 Å². The summed E-state index contributed by atoms with van der Waals surface area (Å²) in [6.07, 6.45) is 4.44. The first-order valence-corrected chi connectivity index (χ1v) is 9.15. The van der Waals surface area contributed by atoms with Gasteiger partial charge in [0.25, 0.3) is 0 Å². The SMILES string of the molecule is CCCC[C@@H](CC)CNS(=O)(=O)Cc1cccc(C)c1. The van der Waals surface area contributed by atoms with Crippen LogP contribution in [0.15, 0.2) is 24.3 Å². The second-order valence-electron chi connectivity index (χ2n) is 5.51. The van der Waals surface area contributed by atoms with Crippen LogP contribution in [0.3, 0.4) is 0 Å². The molecule has 1 rings (SSSR count). The molecule has 1 N–H and O–H groups in total. The van der Waals surface area contributed by atoms with Crippen molar-refractivity contribution in [3.63, 3.8) is 0 Å². The third-order valence-corrected chi connectivity index (χ3v) is 4.89. The lowest BCUT2D eigenvalue weighted by molar-refractivity contribution is 0.443. The molecule has 1 atom stereocenters. The van der Waals surface area contributed by atoms with Gasteiger partial charge in [-0.1, -0.05) is 62.9 Å². The van der Waals surface area contributed by atoms with E-state index >= 15 is 0 Å². The van der Waals surface area contributed by atoms with Gasteiger partial charge in [0.2, 0.25) is 10.0 Å². The third kappa shape index (κ3) is 6.53. The standard InChI is InChI=1S/C16H27NO2S/c1-4-6-9-15(5-2)12-17-20(18,19)13-16-10-7-8-14(3)11-16/h7-8,10-11,15,17H,4-6,9,12-13H2,1-3H3/t15-/m1/s1. The van der Waals surface area contributed by atoms with Crippen LogP contribution in [-0.2, 0) is 15.8 Å². The number of benzene rings is 1. The minimum Gasteiger partial charge on any atom is -0.215 e. The van der Waals surface area contributed by atoms with Crippen molar-refractivity contribution in [2.45, 2.75) is 52.2 Å². The second-order valence-corrected chi connectivity index (χ2v) is 7.32. The van der Waals surface area contributed by atoms with Crippen molar-refractivity contribution in [1.29, 1.82) is 0 Å². The average Bonchev–Trinajstić information content (AvgIpc) is 2.38. The van der Waals surface area contributed by atoms with E-state index < -0.39 is 10.0 Å². The number of nitrogens with one attached hydrogen (secondary N) is 1. The first-order chi connectivity index (χ1) is 9.46. The predicted molar refractivity (Wildman–Crippen MR) is 85.1 cm³/mol. The molecule has 0 saturated heterocycles. The van der Waals surface area contributed by atoms with Crippen molar-refractivity contribution >= 4 is 10.0 Å². The molecule has 0 bridgehead atoms. The Hall–Kier alpha value is -0.870. The van der Waals surface area contributed by atoms with Crippen LogP contribution in [-0.4, -0.2) is 15.0 Å². The van der Waals surface area contributed by atoms with Crippen molar-refractivity contribution < 1.29 is 8.42 Å². The van der Waals surface area contributed by atoms with Crippen LogP contribution in [0.5, 0.6) is 0 Å². The van der Waals surface area contributed by atoms with Gasteiger partial charge in [-0.05, 0) is 24.8 Å². The van der Waals surface area contributed by atoms with E-state index in [-0.39, 0.29) is 5.75 Å². The molecule has 0 aliphatic carbocycles. The Bertz CT molecular complexity index is 497. The fourth-order valence-electron chi connectivity index (χ4n) is 2.26. The smallest absolute Gasteiger partial charge is 0.215 e. The van der Waals surface area contributed by atoms with Crippen molar-refractivity contribution in [2.75, 3.05) is 6.54 Å². The topological polar surface area (TPSA) is 46.2 Å². The van der Waals surface area contributed by atoms with E-state index in [0.29, 0.717) is 12.5 Å². The lowest BCUT2D eigenvalue weighted by Crippen LogP contribution is -2.30. The summed E-state index contributed by atoms with van der Waals surface area (Å²) in [7, 11) is -3.23. The summed E-state index contributed by atoms with van der Waals surface area (Å²) in [6.45, 7) is 6.82. The van der Waals surface area contributed by atoms with E-state index in [9.17, 15) is 8.42 Å². The lowest BCUT2D eigenvalue weighted by Gasteiger charge is -2.15. The number of aryl methyl sites for hydroxylation is 1. The Morgan fingerprint density at radius 1 is 1.25 bits per heavy atom. The van der Waals surface area contributed by atoms with E-state index in [2.05, 4.69) is 18.6 Å². The third-order valence-electron chi connectivity index (χ3n) is 3.57. The molecule has 0 aromatic heterocycles. The highest BCUT2D eigenvalue weighted by molar-refractivity contribution is 7.88. The Morgan fingerprint density at radius 3 is 2.60 bits per heavy atom. The molecule has 0 heterocycles. The molecule has 20 heavy (non-hydrogen) atoms. The summed E-state index contributed by atoms with van der Waals surface area (Å²) in [4.78, 5) is 0. The van der Waals surface area contributed by atoms with Gasteiger partial charge >= 0.3 is 0 Å². The highest BCUT2D eigenvalue weighted by atomic mass is 32.2. The van der Waals surface area contributed by atoms with Gasteiger partial charge in [-0.15, -0.1) is 0 Å². The van der Waals surface area contributed by atoms with E-state index in [1.807, 2.05) is 31.2 Å². The van der Waals surface area contributed by atoms with Crippen LogP contribution < -0.4 is 4.72 Å². The van der Waals surface area contributed by atoms with E-state index in [4.69, 9.17) is 0 Å². The summed E-state index contributed by atoms with van der Waals surface area (Å²) in [5.74, 6) is 0.515. The predicted octanol–water partition coefficient (Wildman–Crippen LogP) is 3.63. The average molecular weight is 297 g/mol. The van der Waals surface area contributed by atoms with Gasteiger partial charge < -0.3 is 0 Å². The summed E-state index contributed by atoms with van der Waals surface area (Å²) in [6, 6.07) is 7.66. The normalized spacial score (nSPS) is 13.3. The summed E-state index contributed by atoms with van der Waals surface area (Å²) in [5, 5.41) is 0. The summed E-state index contributed by atoms with van der Waals surface area (Å²) < 4.78 is 26.9. The number of rotatable bonds is 9. The largest absolute Gasteiger partial charge is 0.215 e. The zero-order valence-corrected chi connectivity index (χ0v) is 13.7. The van der Waals surface area contributed by atoms with E-state index in [1.54, 1.807) is 0 Å². The van der Waals surface area contributed by atoms with Crippen LogP contribution in [0.25, 0.3) is 0 Å². The summed E-state index contributed by atoms with van der Waals surface area (Å²) in [5.41, 5.74) is 1.94. The van der Waals surface area contributed by atoms with E-state index in [0.717, 1.165) is 36.8 Å². The fourth-order valence-corrected chi connectivity index (χ4v) is 3.47. The van der Waals surface area contributed by atoms with Gasteiger partial charge in [0, 0.05) is 6.54 Å². The van der Waals surface area contributed by atoms with Gasteiger partial charge in [0.05, 0.1) is 5.75 Å². The molecule has 0 aliphatic heterocycles. The first-order valence-electron chi connectivity index (χ1n) is 7.49. The van der Waals surface area contributed by atoms with Gasteiger partial charge in [-0.3, -0.25) is 0 Å². The molecule has 0 saturated carbocycles. The van der Waals surface area contributed by atoms with Crippen molar-refractivity contribution in [2.24, 2.45) is 5.92 Å². The summed E-state index contributed by atoms with van der Waals surface area (Å²) >= 11 is 0. The van der Waals surface area contributed by atoms with Crippen molar-refractivity contribution in [3.05, 3.63) is 35.4 Å². The minimum absolute atomic E-state index is 0.0683. The Labute approximate surface area is 123 Å². The molecule has 0 amide bonds. The second kappa shape index (κ2) is 8.42. The molecule has 114 valence electrons. The maximum absolute atomic E-state index is 12.1. The molecule has 0 unspecified atom stereocenters. The monoisotopic (exact) mass is 297 g/mol. The van der Waals surface area contributed by atoms with Crippen LogP contribution in [0.1, 0.15) is 50.7 Å². The zero-order chi connectivity index (χ0) is 15.0. The highest BCUT2D eigenvalue weighted by Gasteiger charge is 2.14. The fraction of sp³-hybridized carbons (Fsp3) is 0.625. The van der Waals surface area contributed by atoms with Gasteiger partial charge in [0.15, 0.2) is 0 Å². The van der Waals surface area contributed by atoms with Crippen LogP contribution in [0.2, 0.25) is 0 Å². The van der Waals surface area contributed by atoms with Crippen LogP contribution in [0, 0.1) is 12.8 Å². The quantitative estimate of drug-likeness (QED) is 0.756. The Balaban J connectivity index is 2.52. The van der Waals surface area contributed by atoms with Crippen molar-refractivity contribution in [1.82, 2.24) is 4.72 Å². The first kappa shape index (κ1) is 17.2. The van der Waals surface area contributed by atoms with Gasteiger partial charge in [0.1, 0.15) is 0 Å². The maximum Gasteiger partial charge on any atom is 0.215 e. The molecule has 0 fully saturated rings. The minimum atomic E-state index is -3.23. The highest BCUT2D eigenvalue weighted by Crippen LogP contribution is 2.13. The molecule has 0 spiro atoms. The number of hydrogen-bond acceptors (Lipinski definition) is 2. The number of unbranched alkanes of at least 4 members (excludes halogenated alkanes) is 1.